The summed E-state index contributed by atoms with van der Waals surface area (Å²) in [6, 6.07) is 6.08. The molecule has 0 bridgehead atoms. The van der Waals surface area contributed by atoms with Gasteiger partial charge in [0.25, 0.3) is 5.91 Å². The second-order valence-corrected chi connectivity index (χ2v) is 5.14. The minimum absolute atomic E-state index is 0.135. The normalized spacial score (nSPS) is 13.8. The molecule has 0 radical (unpaired) electrons. The fraction of sp³-hybridized carbons (Fsp3) is 0.438. The monoisotopic (exact) mass is 256 g/mol. The molecular weight excluding hydrogens is 236 g/mol. The largest absolute Gasteiger partial charge is 0.358 e. The van der Waals surface area contributed by atoms with Crippen LogP contribution in [0.15, 0.2) is 18.2 Å². The predicted molar refractivity (Wildman–Crippen MR) is 77.6 cm³/mol. The Balaban J connectivity index is 2.12. The van der Waals surface area contributed by atoms with E-state index < -0.39 is 0 Å². The molecule has 0 aliphatic heterocycles. The number of fused-ring (bicyclic) bond motifs is 3. The average molecular weight is 256 g/mol. The number of nitrogens with zero attached hydrogens (tertiary/aromatic N) is 1. The molecule has 1 aromatic heterocycles. The summed E-state index contributed by atoms with van der Waals surface area (Å²) in [5.74, 6) is 0.135. The van der Waals surface area contributed by atoms with E-state index >= 15 is 0 Å². The second-order valence-electron chi connectivity index (χ2n) is 5.14. The Hall–Kier alpha value is -1.77. The fourth-order valence-corrected chi connectivity index (χ4v) is 3.13. The molecule has 0 atom stereocenters. The smallest absolute Gasteiger partial charge is 0.255 e. The molecule has 1 aromatic carbocycles. The van der Waals surface area contributed by atoms with Crippen molar-refractivity contribution < 1.29 is 4.79 Å². The Morgan fingerprint density at radius 3 is 2.79 bits per heavy atom. The lowest BCUT2D eigenvalue weighted by Crippen LogP contribution is -2.30. The van der Waals surface area contributed by atoms with Gasteiger partial charge >= 0.3 is 0 Å². The van der Waals surface area contributed by atoms with Gasteiger partial charge in [0.2, 0.25) is 0 Å². The van der Waals surface area contributed by atoms with Crippen molar-refractivity contribution >= 4 is 16.8 Å². The number of nitrogens with one attached hydrogen (secondary N) is 1. The Morgan fingerprint density at radius 1 is 1.26 bits per heavy atom. The van der Waals surface area contributed by atoms with Crippen molar-refractivity contribution in [1.82, 2.24) is 9.88 Å². The van der Waals surface area contributed by atoms with Gasteiger partial charge in [-0.1, -0.05) is 12.1 Å². The highest BCUT2D eigenvalue weighted by Crippen LogP contribution is 2.31. The molecule has 1 aliphatic rings. The predicted octanol–water partition coefficient (Wildman–Crippen LogP) is 3.14. The summed E-state index contributed by atoms with van der Waals surface area (Å²) in [6.07, 6.45) is 3.48. The van der Waals surface area contributed by atoms with Crippen LogP contribution in [0.5, 0.6) is 0 Å². The first kappa shape index (κ1) is 12.3. The zero-order valence-corrected chi connectivity index (χ0v) is 11.6. The van der Waals surface area contributed by atoms with Crippen molar-refractivity contribution in [1.29, 1.82) is 0 Å². The van der Waals surface area contributed by atoms with Gasteiger partial charge in [0.05, 0.1) is 11.1 Å². The van der Waals surface area contributed by atoms with Gasteiger partial charge in [-0.25, -0.2) is 0 Å². The van der Waals surface area contributed by atoms with E-state index in [1.165, 1.54) is 23.1 Å². The maximum absolute atomic E-state index is 12.6. The zero-order valence-electron chi connectivity index (χ0n) is 11.6. The highest BCUT2D eigenvalue weighted by Gasteiger charge is 2.21. The number of carbonyl (C=O) groups is 1. The number of para-hydroxylation sites is 1. The lowest BCUT2D eigenvalue weighted by Gasteiger charge is -2.19. The van der Waals surface area contributed by atoms with Gasteiger partial charge in [-0.2, -0.15) is 0 Å². The van der Waals surface area contributed by atoms with Gasteiger partial charge in [0.1, 0.15) is 0 Å². The van der Waals surface area contributed by atoms with Crippen LogP contribution < -0.4 is 0 Å². The first-order valence-corrected chi connectivity index (χ1v) is 7.18. The van der Waals surface area contributed by atoms with Crippen molar-refractivity contribution in [3.05, 3.63) is 35.0 Å². The van der Waals surface area contributed by atoms with E-state index in [0.29, 0.717) is 0 Å². The topological polar surface area (TPSA) is 36.1 Å². The van der Waals surface area contributed by atoms with Gasteiger partial charge in [-0.3, -0.25) is 4.79 Å². The fourth-order valence-electron chi connectivity index (χ4n) is 3.13. The lowest BCUT2D eigenvalue weighted by molar-refractivity contribution is 0.0775. The van der Waals surface area contributed by atoms with Crippen LogP contribution in [0.1, 0.15) is 41.9 Å². The first-order valence-electron chi connectivity index (χ1n) is 7.18. The van der Waals surface area contributed by atoms with Crippen molar-refractivity contribution in [3.63, 3.8) is 0 Å². The quantitative estimate of drug-likeness (QED) is 0.899. The van der Waals surface area contributed by atoms with Crippen LogP contribution in [0.3, 0.4) is 0 Å². The van der Waals surface area contributed by atoms with Crippen LogP contribution in [0, 0.1) is 0 Å². The number of aromatic amines is 1. The molecule has 100 valence electrons. The van der Waals surface area contributed by atoms with Crippen molar-refractivity contribution in [2.45, 2.75) is 33.1 Å². The summed E-state index contributed by atoms with van der Waals surface area (Å²) < 4.78 is 0. The molecule has 1 N–H and O–H groups in total. The van der Waals surface area contributed by atoms with Crippen LogP contribution in [-0.2, 0) is 12.8 Å². The van der Waals surface area contributed by atoms with Gasteiger partial charge in [0, 0.05) is 24.2 Å². The van der Waals surface area contributed by atoms with E-state index in [2.05, 4.69) is 11.1 Å². The molecule has 3 rings (SSSR count). The minimum atomic E-state index is 0.135. The SMILES string of the molecule is CCN(CC)C(=O)c1cccc2c3c([nH]c12)CCC3. The first-order chi connectivity index (χ1) is 9.26. The molecule has 0 saturated carbocycles. The van der Waals surface area contributed by atoms with E-state index in [9.17, 15) is 4.79 Å². The van der Waals surface area contributed by atoms with Crippen LogP contribution in [-0.4, -0.2) is 28.9 Å². The standard InChI is InChI=1S/C16H20N2O/c1-3-18(4-2)16(19)13-9-5-8-12-11-7-6-10-14(11)17-15(12)13/h5,8-9,17H,3-4,6-7,10H2,1-2H3. The zero-order chi connectivity index (χ0) is 13.4. The number of aromatic nitrogens is 1. The summed E-state index contributed by atoms with van der Waals surface area (Å²) in [5.41, 5.74) is 4.60. The number of rotatable bonds is 3. The number of aryl methyl sites for hydroxylation is 2. The third-order valence-electron chi connectivity index (χ3n) is 4.16. The number of hydrogen-bond donors (Lipinski definition) is 1. The summed E-state index contributed by atoms with van der Waals surface area (Å²) in [7, 11) is 0. The summed E-state index contributed by atoms with van der Waals surface area (Å²) >= 11 is 0. The Kier molecular flexibility index (Phi) is 3.05. The summed E-state index contributed by atoms with van der Waals surface area (Å²) in [4.78, 5) is 17.9. The van der Waals surface area contributed by atoms with Gasteiger partial charge in [-0.05, 0) is 44.7 Å². The molecule has 0 saturated heterocycles. The maximum Gasteiger partial charge on any atom is 0.255 e. The van der Waals surface area contributed by atoms with Crippen LogP contribution in [0.25, 0.3) is 10.9 Å². The highest BCUT2D eigenvalue weighted by atomic mass is 16.2. The number of H-pyrrole nitrogens is 1. The van der Waals surface area contributed by atoms with E-state index in [-0.39, 0.29) is 5.91 Å². The number of benzene rings is 1. The number of amides is 1. The van der Waals surface area contributed by atoms with Crippen LogP contribution in [0.4, 0.5) is 0 Å². The maximum atomic E-state index is 12.6. The van der Waals surface area contributed by atoms with Crippen molar-refractivity contribution in [3.8, 4) is 0 Å². The van der Waals surface area contributed by atoms with Crippen molar-refractivity contribution in [2.75, 3.05) is 13.1 Å². The van der Waals surface area contributed by atoms with E-state index in [1.54, 1.807) is 0 Å². The summed E-state index contributed by atoms with van der Waals surface area (Å²) in [6.45, 7) is 5.56. The molecule has 1 heterocycles. The third kappa shape index (κ3) is 1.84. The molecule has 1 aliphatic carbocycles. The molecule has 3 nitrogen and oxygen atoms in total. The minimum Gasteiger partial charge on any atom is -0.358 e. The highest BCUT2D eigenvalue weighted by molar-refractivity contribution is 6.06. The summed E-state index contributed by atoms with van der Waals surface area (Å²) in [5, 5.41) is 1.24. The van der Waals surface area contributed by atoms with E-state index in [0.717, 1.165) is 37.0 Å². The Morgan fingerprint density at radius 2 is 2.05 bits per heavy atom. The Bertz CT molecular complexity index is 623. The number of hydrogen-bond acceptors (Lipinski definition) is 1. The van der Waals surface area contributed by atoms with Gasteiger partial charge in [0.15, 0.2) is 0 Å². The molecule has 0 spiro atoms. The van der Waals surface area contributed by atoms with E-state index in [1.807, 2.05) is 30.9 Å². The average Bonchev–Trinajstić information content (AvgIpc) is 3.00. The molecule has 3 heteroatoms. The lowest BCUT2D eigenvalue weighted by atomic mass is 10.1. The Labute approximate surface area is 113 Å². The molecule has 19 heavy (non-hydrogen) atoms. The van der Waals surface area contributed by atoms with Crippen LogP contribution in [0.2, 0.25) is 0 Å². The molecule has 1 amide bonds. The second kappa shape index (κ2) is 4.72. The molecular formula is C16H20N2O. The van der Waals surface area contributed by atoms with Crippen molar-refractivity contribution in [2.24, 2.45) is 0 Å². The third-order valence-corrected chi connectivity index (χ3v) is 4.16. The van der Waals surface area contributed by atoms with Crippen LogP contribution >= 0.6 is 0 Å². The van der Waals surface area contributed by atoms with E-state index in [4.69, 9.17) is 0 Å². The molecule has 2 aromatic rings. The van der Waals surface area contributed by atoms with Gasteiger partial charge in [-0.15, -0.1) is 0 Å². The van der Waals surface area contributed by atoms with Gasteiger partial charge < -0.3 is 9.88 Å². The molecule has 0 fully saturated rings. The molecule has 0 unspecified atom stereocenters. The number of carbonyl (C=O) groups excluding carboxylic acids is 1.